The number of aromatic nitrogens is 4. The molecule has 14 nitrogen and oxygen atoms in total. The van der Waals surface area contributed by atoms with E-state index < -0.39 is 23.8 Å². The Kier molecular flexibility index (Phi) is 8.42. The van der Waals surface area contributed by atoms with Gasteiger partial charge in [0.05, 0.1) is 30.7 Å². The molecule has 1 atom stereocenters. The Balaban J connectivity index is 1.70. The van der Waals surface area contributed by atoms with Gasteiger partial charge in [-0.3, -0.25) is 14.4 Å². The van der Waals surface area contributed by atoms with Gasteiger partial charge in [0.2, 0.25) is 11.8 Å². The molecule has 0 saturated heterocycles. The van der Waals surface area contributed by atoms with Crippen LogP contribution in [0.3, 0.4) is 0 Å². The zero-order chi connectivity index (χ0) is 29.0. The monoisotopic (exact) mass is 546 g/mol. The van der Waals surface area contributed by atoms with Crippen LogP contribution < -0.4 is 26.0 Å². The molecule has 40 heavy (non-hydrogen) atoms. The van der Waals surface area contributed by atoms with Gasteiger partial charge < -0.3 is 35.6 Å². The number of nitrogens with one attached hydrogen (secondary N) is 4. The highest BCUT2D eigenvalue weighted by molar-refractivity contribution is 6.60. The first-order chi connectivity index (χ1) is 19.0. The molecule has 0 radical (unpaired) electrons. The van der Waals surface area contributed by atoms with E-state index in [9.17, 15) is 19.5 Å². The van der Waals surface area contributed by atoms with Gasteiger partial charge in [-0.1, -0.05) is 11.2 Å². The van der Waals surface area contributed by atoms with Crippen LogP contribution in [0.5, 0.6) is 5.75 Å². The predicted molar refractivity (Wildman–Crippen MR) is 152 cm³/mol. The van der Waals surface area contributed by atoms with Crippen LogP contribution in [0.25, 0.3) is 11.5 Å². The van der Waals surface area contributed by atoms with E-state index in [1.165, 1.54) is 20.1 Å². The highest BCUT2D eigenvalue weighted by atomic mass is 16.5. The molecule has 1 fully saturated rings. The molecule has 0 spiro atoms. The first kappa shape index (κ1) is 28.6. The quantitative estimate of drug-likeness (QED) is 0.168. The molecular weight excluding hydrogens is 517 g/mol. The fourth-order valence-corrected chi connectivity index (χ4v) is 3.78. The number of carbonyl (C=O) groups is 3. The van der Waals surface area contributed by atoms with Crippen LogP contribution in [0.2, 0.25) is 0 Å². The Hall–Kier alpha value is -4.40. The number of carbonyl (C=O) groups excluding carboxylic acids is 3. The van der Waals surface area contributed by atoms with Gasteiger partial charge >= 0.3 is 0 Å². The van der Waals surface area contributed by atoms with E-state index in [1.54, 1.807) is 18.2 Å². The van der Waals surface area contributed by atoms with Crippen LogP contribution in [0.4, 0.5) is 17.2 Å². The summed E-state index contributed by atoms with van der Waals surface area (Å²) in [7, 11) is 6.98. The number of hydrogen-bond donors (Lipinski definition) is 5. The average molecular weight is 546 g/mol. The fourth-order valence-electron chi connectivity index (χ4n) is 3.78. The minimum Gasteiger partial charge on any atom is -0.494 e. The number of anilines is 3. The van der Waals surface area contributed by atoms with Crippen molar-refractivity contribution in [3.05, 3.63) is 35.8 Å². The summed E-state index contributed by atoms with van der Waals surface area (Å²) in [5, 5.41) is 32.4. The summed E-state index contributed by atoms with van der Waals surface area (Å²) in [6.07, 6.45) is 1.64. The first-order valence-corrected chi connectivity index (χ1v) is 12.7. The highest BCUT2D eigenvalue weighted by Crippen LogP contribution is 2.38. The lowest BCUT2D eigenvalue weighted by atomic mass is 9.49. The summed E-state index contributed by atoms with van der Waals surface area (Å²) >= 11 is 0. The molecule has 5 N–H and O–H groups in total. The van der Waals surface area contributed by atoms with Crippen molar-refractivity contribution >= 4 is 58.5 Å². The second-order valence-corrected chi connectivity index (χ2v) is 10.4. The molecule has 1 saturated carbocycles. The Bertz CT molecular complexity index is 1430. The van der Waals surface area contributed by atoms with Gasteiger partial charge in [0.15, 0.2) is 23.1 Å². The number of ether oxygens (including phenoxy) is 1. The van der Waals surface area contributed by atoms with Gasteiger partial charge in [0.25, 0.3) is 11.8 Å². The van der Waals surface area contributed by atoms with Crippen molar-refractivity contribution in [2.45, 2.75) is 31.0 Å². The van der Waals surface area contributed by atoms with Crippen molar-refractivity contribution < 1.29 is 28.8 Å². The minimum absolute atomic E-state index is 0.00738. The summed E-state index contributed by atoms with van der Waals surface area (Å²) in [6.45, 7) is 0.889. The Labute approximate surface area is 232 Å². The predicted octanol–water partition coefficient (Wildman–Crippen LogP) is -1.96. The van der Waals surface area contributed by atoms with Gasteiger partial charge in [-0.2, -0.15) is 4.98 Å². The lowest BCUT2D eigenvalue weighted by Gasteiger charge is -2.21. The number of rotatable bonds is 11. The zero-order valence-electron chi connectivity index (χ0n) is 22.9. The molecule has 1 aliphatic rings. The van der Waals surface area contributed by atoms with E-state index in [2.05, 4.69) is 41.6 Å². The normalized spacial score (nSPS) is 13.7. The van der Waals surface area contributed by atoms with E-state index in [1.807, 2.05) is 23.5 Å². The second-order valence-electron chi connectivity index (χ2n) is 10.4. The van der Waals surface area contributed by atoms with Gasteiger partial charge in [0.1, 0.15) is 29.6 Å². The molecule has 0 bridgehead atoms. The molecule has 1 aromatic carbocycles. The Morgan fingerprint density at radius 3 is 2.58 bits per heavy atom. The van der Waals surface area contributed by atoms with Crippen molar-refractivity contribution in [3.8, 4) is 17.2 Å². The smallest absolute Gasteiger partial charge is 0.272 e. The molecule has 3 amide bonds. The van der Waals surface area contributed by atoms with Crippen LogP contribution in [0.15, 0.2) is 28.8 Å². The van der Waals surface area contributed by atoms with Crippen LogP contribution in [-0.2, 0) is 9.59 Å². The van der Waals surface area contributed by atoms with Crippen molar-refractivity contribution in [1.82, 2.24) is 31.0 Å². The molecule has 1 aliphatic carbocycles. The SMILES string of the molecule is BC(B)(B)NC(=O)c1nnc(NC(=O)C2CC2)cc1Nc1cccc(-c2nc([C@H](CO)NC(C)=O)no2)c1OC. The van der Waals surface area contributed by atoms with Crippen molar-refractivity contribution in [2.24, 2.45) is 5.92 Å². The Morgan fingerprint density at radius 2 is 1.95 bits per heavy atom. The van der Waals surface area contributed by atoms with Gasteiger partial charge in [-0.25, -0.2) is 0 Å². The standard InChI is InChI=1S/C23H29B3N8O6/c1-10(36)27-15(9-35)19-30-22(40-34-19)12-4-3-5-13(18(12)39-2)28-14-8-16(29-20(37)11-6-7-11)32-33-17(14)21(38)31-23(24,25)26/h3-5,8,11,15,35H,6-7,9,24-26H2,1-2H3,(H,27,36)(H,31,38)(H2,28,29,32,37)/t15-/m0/s1. The maximum atomic E-state index is 13.1. The zero-order valence-corrected chi connectivity index (χ0v) is 22.9. The lowest BCUT2D eigenvalue weighted by molar-refractivity contribution is -0.120. The molecule has 2 aromatic heterocycles. The molecule has 2 heterocycles. The number of aliphatic hydroxyl groups is 1. The van der Waals surface area contributed by atoms with Crippen LogP contribution in [0, 0.1) is 5.92 Å². The fraction of sp³-hybridized carbons (Fsp3) is 0.348. The highest BCUT2D eigenvalue weighted by Gasteiger charge is 2.30. The van der Waals surface area contributed by atoms with Crippen molar-refractivity contribution in [1.29, 1.82) is 0 Å². The van der Waals surface area contributed by atoms with Gasteiger partial charge in [0, 0.05) is 18.9 Å². The first-order valence-electron chi connectivity index (χ1n) is 12.7. The summed E-state index contributed by atoms with van der Waals surface area (Å²) in [4.78, 5) is 41.2. The Morgan fingerprint density at radius 1 is 1.20 bits per heavy atom. The molecule has 206 valence electrons. The van der Waals surface area contributed by atoms with E-state index in [4.69, 9.17) is 9.26 Å². The summed E-state index contributed by atoms with van der Waals surface area (Å²) in [5.74, 6) is -0.365. The molecular formula is C23H29B3N8O6. The number of aliphatic hydroxyl groups excluding tert-OH is 1. The van der Waals surface area contributed by atoms with Gasteiger partial charge in [-0.15, -0.1) is 10.2 Å². The van der Waals surface area contributed by atoms with Crippen LogP contribution >= 0.6 is 0 Å². The number of hydrogen-bond acceptors (Lipinski definition) is 11. The molecule has 4 rings (SSSR count). The molecule has 3 aromatic rings. The average Bonchev–Trinajstić information content (AvgIpc) is 3.63. The summed E-state index contributed by atoms with van der Waals surface area (Å²) < 4.78 is 11.1. The van der Waals surface area contributed by atoms with E-state index in [0.717, 1.165) is 12.8 Å². The number of nitrogens with zero attached hydrogens (tertiary/aromatic N) is 4. The summed E-state index contributed by atoms with van der Waals surface area (Å²) in [6, 6.07) is 5.79. The number of benzene rings is 1. The largest absolute Gasteiger partial charge is 0.494 e. The van der Waals surface area contributed by atoms with Crippen LogP contribution in [-0.4, -0.2) is 85.7 Å². The molecule has 17 heteroatoms. The van der Waals surface area contributed by atoms with E-state index in [-0.39, 0.29) is 46.6 Å². The maximum Gasteiger partial charge on any atom is 0.272 e. The molecule has 0 aliphatic heterocycles. The second kappa shape index (κ2) is 11.8. The van der Waals surface area contributed by atoms with Gasteiger partial charge in [-0.05, 0) is 30.2 Å². The van der Waals surface area contributed by atoms with Crippen molar-refractivity contribution in [3.63, 3.8) is 0 Å². The third-order valence-electron chi connectivity index (χ3n) is 5.73. The topological polar surface area (TPSA) is 193 Å². The number of amides is 3. The van der Waals surface area contributed by atoms with E-state index >= 15 is 0 Å². The molecule has 0 unspecified atom stereocenters. The number of methoxy groups -OCH3 is 1. The van der Waals surface area contributed by atoms with E-state index in [0.29, 0.717) is 17.0 Å². The van der Waals surface area contributed by atoms with Crippen molar-refractivity contribution in [2.75, 3.05) is 24.4 Å². The third kappa shape index (κ3) is 6.97. The number of para-hydroxylation sites is 1. The summed E-state index contributed by atoms with van der Waals surface area (Å²) in [5.41, 5.74) is 1.12. The maximum absolute atomic E-state index is 13.1. The van der Waals surface area contributed by atoms with Crippen LogP contribution in [0.1, 0.15) is 42.1 Å². The minimum atomic E-state index is -0.849. The lowest BCUT2D eigenvalue weighted by Crippen LogP contribution is -2.50. The third-order valence-corrected chi connectivity index (χ3v) is 5.73.